The number of aliphatic hydroxyl groups is 1. The van der Waals surface area contributed by atoms with Crippen LogP contribution >= 0.6 is 23.2 Å². The lowest BCUT2D eigenvalue weighted by atomic mass is 9.95. The number of hydrogen-bond donors (Lipinski definition) is 1. The van der Waals surface area contributed by atoms with Crippen LogP contribution in [0.25, 0.3) is 5.76 Å². The van der Waals surface area contributed by atoms with Crippen LogP contribution in [0.3, 0.4) is 0 Å². The molecule has 0 radical (unpaired) electrons. The van der Waals surface area contributed by atoms with Gasteiger partial charge in [0.05, 0.1) is 11.6 Å². The van der Waals surface area contributed by atoms with Gasteiger partial charge in [-0.05, 0) is 42.3 Å². The number of carbonyl (C=O) groups is 2. The summed E-state index contributed by atoms with van der Waals surface area (Å²) in [6, 6.07) is 19.9. The lowest BCUT2D eigenvalue weighted by Crippen LogP contribution is -2.29. The Morgan fingerprint density at radius 1 is 0.933 bits per heavy atom. The average molecular weight is 438 g/mol. The van der Waals surface area contributed by atoms with Crippen molar-refractivity contribution < 1.29 is 14.7 Å². The van der Waals surface area contributed by atoms with Crippen molar-refractivity contribution in [3.8, 4) is 0 Å². The van der Waals surface area contributed by atoms with Crippen LogP contribution in [0, 0.1) is 6.92 Å². The summed E-state index contributed by atoms with van der Waals surface area (Å²) in [5, 5.41) is 12.0. The molecule has 1 atom stereocenters. The number of nitrogens with zero attached hydrogens (tertiary/aromatic N) is 1. The summed E-state index contributed by atoms with van der Waals surface area (Å²) in [4.78, 5) is 27.5. The van der Waals surface area contributed by atoms with Crippen molar-refractivity contribution in [3.63, 3.8) is 0 Å². The number of aliphatic hydroxyl groups excluding tert-OH is 1. The fourth-order valence-corrected chi connectivity index (χ4v) is 3.84. The van der Waals surface area contributed by atoms with E-state index in [0.29, 0.717) is 26.9 Å². The van der Waals surface area contributed by atoms with E-state index in [1.165, 1.54) is 4.90 Å². The number of aryl methyl sites for hydroxylation is 1. The van der Waals surface area contributed by atoms with Crippen molar-refractivity contribution in [2.24, 2.45) is 0 Å². The highest BCUT2D eigenvalue weighted by Gasteiger charge is 2.47. The molecule has 150 valence electrons. The van der Waals surface area contributed by atoms with E-state index in [2.05, 4.69) is 0 Å². The van der Waals surface area contributed by atoms with Crippen molar-refractivity contribution in [3.05, 3.63) is 105 Å². The fourth-order valence-electron chi connectivity index (χ4n) is 3.54. The first-order chi connectivity index (χ1) is 14.4. The van der Waals surface area contributed by atoms with Crippen molar-refractivity contribution >= 4 is 46.3 Å². The molecule has 1 heterocycles. The second-order valence-corrected chi connectivity index (χ2v) is 7.86. The van der Waals surface area contributed by atoms with Gasteiger partial charge < -0.3 is 5.11 Å². The Balaban J connectivity index is 1.95. The lowest BCUT2D eigenvalue weighted by Gasteiger charge is -2.26. The van der Waals surface area contributed by atoms with Gasteiger partial charge in [-0.1, -0.05) is 71.7 Å². The second kappa shape index (κ2) is 7.98. The minimum Gasteiger partial charge on any atom is -0.507 e. The standard InChI is InChI=1S/C24H17Cl2NO3/c1-14-7-12-18(13-19(14)26)27-21(15-8-10-17(25)11-9-15)20(23(29)24(27)30)22(28)16-5-3-2-4-6-16/h2-13,21,28H,1H3/b22-20+/t21-/m1/s1. The quantitative estimate of drug-likeness (QED) is 0.313. The van der Waals surface area contributed by atoms with E-state index >= 15 is 0 Å². The largest absolute Gasteiger partial charge is 0.507 e. The first-order valence-electron chi connectivity index (χ1n) is 9.26. The van der Waals surface area contributed by atoms with Gasteiger partial charge in [0, 0.05) is 21.3 Å². The van der Waals surface area contributed by atoms with Crippen LogP contribution in [0.5, 0.6) is 0 Å². The number of hydrogen-bond acceptors (Lipinski definition) is 3. The SMILES string of the molecule is Cc1ccc(N2C(=O)C(=O)/C(=C(/O)c3ccccc3)[C@H]2c2ccc(Cl)cc2)cc1Cl. The number of anilines is 1. The monoisotopic (exact) mass is 437 g/mol. The number of amides is 1. The first kappa shape index (κ1) is 20.2. The molecule has 30 heavy (non-hydrogen) atoms. The third-order valence-electron chi connectivity index (χ3n) is 5.11. The van der Waals surface area contributed by atoms with E-state index in [9.17, 15) is 14.7 Å². The van der Waals surface area contributed by atoms with Gasteiger partial charge in [-0.2, -0.15) is 0 Å². The van der Waals surface area contributed by atoms with Crippen molar-refractivity contribution in [2.45, 2.75) is 13.0 Å². The molecule has 6 heteroatoms. The molecule has 1 saturated heterocycles. The molecule has 4 rings (SSSR count). The molecule has 1 aliphatic heterocycles. The second-order valence-electron chi connectivity index (χ2n) is 7.02. The molecule has 3 aromatic carbocycles. The number of Topliss-reactive ketones (excluding diaryl/α,β-unsaturated/α-hetero) is 1. The van der Waals surface area contributed by atoms with Crippen LogP contribution in [-0.2, 0) is 9.59 Å². The maximum absolute atomic E-state index is 13.1. The van der Waals surface area contributed by atoms with E-state index < -0.39 is 17.7 Å². The maximum Gasteiger partial charge on any atom is 0.300 e. The van der Waals surface area contributed by atoms with Crippen LogP contribution in [0.15, 0.2) is 78.4 Å². The topological polar surface area (TPSA) is 57.6 Å². The third-order valence-corrected chi connectivity index (χ3v) is 5.77. The average Bonchev–Trinajstić information content (AvgIpc) is 3.01. The van der Waals surface area contributed by atoms with Crippen LogP contribution in [-0.4, -0.2) is 16.8 Å². The Labute approximate surface area is 184 Å². The van der Waals surface area contributed by atoms with Crippen molar-refractivity contribution in [2.75, 3.05) is 4.90 Å². The summed E-state index contributed by atoms with van der Waals surface area (Å²) in [6.07, 6.45) is 0. The summed E-state index contributed by atoms with van der Waals surface area (Å²) in [7, 11) is 0. The highest BCUT2D eigenvalue weighted by Crippen LogP contribution is 2.43. The highest BCUT2D eigenvalue weighted by molar-refractivity contribution is 6.51. The van der Waals surface area contributed by atoms with Gasteiger partial charge in [0.2, 0.25) is 0 Å². The molecular formula is C24H17Cl2NO3. The Morgan fingerprint density at radius 3 is 2.23 bits per heavy atom. The van der Waals surface area contributed by atoms with Crippen LogP contribution in [0.2, 0.25) is 10.0 Å². The Hall–Kier alpha value is -3.08. The highest BCUT2D eigenvalue weighted by atomic mass is 35.5. The zero-order chi connectivity index (χ0) is 21.4. The van der Waals surface area contributed by atoms with Gasteiger partial charge in [0.1, 0.15) is 5.76 Å². The van der Waals surface area contributed by atoms with Gasteiger partial charge in [-0.25, -0.2) is 0 Å². The van der Waals surface area contributed by atoms with Crippen LogP contribution in [0.1, 0.15) is 22.7 Å². The number of benzene rings is 3. The van der Waals surface area contributed by atoms with E-state index in [-0.39, 0.29) is 11.3 Å². The zero-order valence-electron chi connectivity index (χ0n) is 16.0. The minimum atomic E-state index is -0.818. The molecule has 0 unspecified atom stereocenters. The molecule has 1 fully saturated rings. The number of rotatable bonds is 3. The Kier molecular flexibility index (Phi) is 5.37. The molecule has 3 aromatic rings. The van der Waals surface area contributed by atoms with E-state index in [4.69, 9.17) is 23.2 Å². The minimum absolute atomic E-state index is 0.0187. The molecule has 1 aliphatic rings. The molecule has 0 aliphatic carbocycles. The number of ketones is 1. The molecule has 0 aromatic heterocycles. The first-order valence-corrected chi connectivity index (χ1v) is 10.0. The van der Waals surface area contributed by atoms with E-state index in [1.807, 2.05) is 6.92 Å². The van der Waals surface area contributed by atoms with E-state index in [1.54, 1.807) is 72.8 Å². The van der Waals surface area contributed by atoms with Crippen molar-refractivity contribution in [1.29, 1.82) is 0 Å². The van der Waals surface area contributed by atoms with Gasteiger partial charge in [-0.3, -0.25) is 14.5 Å². The summed E-state index contributed by atoms with van der Waals surface area (Å²) < 4.78 is 0. The molecule has 0 saturated carbocycles. The molecule has 4 nitrogen and oxygen atoms in total. The third kappa shape index (κ3) is 3.49. The van der Waals surface area contributed by atoms with Gasteiger partial charge >= 0.3 is 0 Å². The molecule has 0 bridgehead atoms. The Bertz CT molecular complexity index is 1170. The summed E-state index contributed by atoms with van der Waals surface area (Å²) >= 11 is 12.3. The van der Waals surface area contributed by atoms with Gasteiger partial charge in [0.25, 0.3) is 11.7 Å². The molecular weight excluding hydrogens is 421 g/mol. The fraction of sp³-hybridized carbons (Fsp3) is 0.0833. The van der Waals surface area contributed by atoms with Crippen molar-refractivity contribution in [1.82, 2.24) is 0 Å². The zero-order valence-corrected chi connectivity index (χ0v) is 17.5. The maximum atomic E-state index is 13.1. The smallest absolute Gasteiger partial charge is 0.300 e. The van der Waals surface area contributed by atoms with Crippen LogP contribution < -0.4 is 4.90 Å². The normalized spacial score (nSPS) is 18.1. The lowest BCUT2D eigenvalue weighted by molar-refractivity contribution is -0.132. The molecule has 0 spiro atoms. The summed E-state index contributed by atoms with van der Waals surface area (Å²) in [6.45, 7) is 1.85. The predicted molar refractivity (Wildman–Crippen MR) is 119 cm³/mol. The number of halogens is 2. The van der Waals surface area contributed by atoms with E-state index in [0.717, 1.165) is 5.56 Å². The molecule has 1 amide bonds. The summed E-state index contributed by atoms with van der Waals surface area (Å²) in [5.41, 5.74) is 2.44. The summed E-state index contributed by atoms with van der Waals surface area (Å²) in [5.74, 6) is -1.71. The van der Waals surface area contributed by atoms with Crippen LogP contribution in [0.4, 0.5) is 5.69 Å². The van der Waals surface area contributed by atoms with Gasteiger partial charge in [0.15, 0.2) is 0 Å². The predicted octanol–water partition coefficient (Wildman–Crippen LogP) is 5.93. The number of carbonyl (C=O) groups excluding carboxylic acids is 2. The van der Waals surface area contributed by atoms with Gasteiger partial charge in [-0.15, -0.1) is 0 Å². The Morgan fingerprint density at radius 2 is 1.60 bits per heavy atom. The molecule has 1 N–H and O–H groups in total.